The third kappa shape index (κ3) is 6.43. The molecule has 0 unspecified atom stereocenters. The van der Waals surface area contributed by atoms with Gasteiger partial charge in [0.05, 0.1) is 15.9 Å². The van der Waals surface area contributed by atoms with E-state index in [9.17, 15) is 23.1 Å². The van der Waals surface area contributed by atoms with E-state index >= 15 is 0 Å². The van der Waals surface area contributed by atoms with Crippen LogP contribution in [0.15, 0.2) is 76.6 Å². The first kappa shape index (κ1) is 27.0. The molecule has 0 radical (unpaired) electrons. The van der Waals surface area contributed by atoms with E-state index in [4.69, 9.17) is 11.6 Å². The second-order valence-electron chi connectivity index (χ2n) is 8.39. The number of hydrogen-bond donors (Lipinski definition) is 4. The second-order valence-corrected chi connectivity index (χ2v) is 10.4. The third-order valence-corrected chi connectivity index (χ3v) is 7.68. The van der Waals surface area contributed by atoms with Crippen molar-refractivity contribution in [1.82, 2.24) is 19.7 Å². The van der Waals surface area contributed by atoms with Gasteiger partial charge >= 0.3 is 5.97 Å². The van der Waals surface area contributed by atoms with Crippen molar-refractivity contribution >= 4 is 50.4 Å². The first-order valence-electron chi connectivity index (χ1n) is 11.5. The molecule has 10 nitrogen and oxygen atoms in total. The van der Waals surface area contributed by atoms with Crippen LogP contribution in [0.25, 0.3) is 17.0 Å². The van der Waals surface area contributed by atoms with E-state index in [0.29, 0.717) is 23.0 Å². The summed E-state index contributed by atoms with van der Waals surface area (Å²) >= 11 is 6.07. The van der Waals surface area contributed by atoms with Crippen molar-refractivity contribution in [3.8, 4) is 0 Å². The number of aromatic amines is 1. The van der Waals surface area contributed by atoms with E-state index < -0.39 is 27.6 Å². The van der Waals surface area contributed by atoms with E-state index in [1.165, 1.54) is 6.07 Å². The number of anilines is 1. The van der Waals surface area contributed by atoms with Gasteiger partial charge < -0.3 is 15.4 Å². The molecule has 38 heavy (non-hydrogen) atoms. The van der Waals surface area contributed by atoms with Gasteiger partial charge in [0.15, 0.2) is 0 Å². The zero-order valence-corrected chi connectivity index (χ0v) is 21.8. The summed E-state index contributed by atoms with van der Waals surface area (Å²) in [7, 11) is -4.27. The van der Waals surface area contributed by atoms with Gasteiger partial charge in [-0.25, -0.2) is 18.4 Å². The summed E-state index contributed by atoms with van der Waals surface area (Å²) in [5.41, 5.74) is 1.01. The van der Waals surface area contributed by atoms with Crippen molar-refractivity contribution in [3.05, 3.63) is 99.2 Å². The molecule has 0 aliphatic rings. The number of nitrogens with one attached hydrogen (secondary N) is 3. The van der Waals surface area contributed by atoms with Gasteiger partial charge in [0.2, 0.25) is 10.0 Å². The lowest BCUT2D eigenvalue weighted by atomic mass is 10.1. The van der Waals surface area contributed by atoms with Crippen LogP contribution in [-0.4, -0.2) is 47.0 Å². The van der Waals surface area contributed by atoms with E-state index in [-0.39, 0.29) is 22.2 Å². The van der Waals surface area contributed by atoms with Gasteiger partial charge in [0, 0.05) is 19.2 Å². The Labute approximate surface area is 223 Å². The number of carboxylic acid groups (broad SMARTS) is 1. The molecule has 0 bridgehead atoms. The number of hydrogen-bond acceptors (Lipinski definition) is 7. The number of carbonyl (C=O) groups is 1. The number of sulfonamides is 1. The average Bonchev–Trinajstić information content (AvgIpc) is 2.87. The fourth-order valence-electron chi connectivity index (χ4n) is 3.81. The van der Waals surface area contributed by atoms with E-state index in [1.54, 1.807) is 43.5 Å². The van der Waals surface area contributed by atoms with Crippen molar-refractivity contribution in [1.29, 1.82) is 0 Å². The molecular formula is C26H24ClN5O5S. The highest BCUT2D eigenvalue weighted by atomic mass is 35.5. The van der Waals surface area contributed by atoms with E-state index in [2.05, 4.69) is 25.0 Å². The molecule has 1 atom stereocenters. The van der Waals surface area contributed by atoms with Gasteiger partial charge in [-0.2, -0.15) is 4.72 Å². The fraction of sp³-hybridized carbons (Fsp3) is 0.154. The minimum absolute atomic E-state index is 0.0244. The minimum atomic E-state index is -4.27. The Hall–Kier alpha value is -4.06. The van der Waals surface area contributed by atoms with Crippen LogP contribution in [0, 0.1) is 6.92 Å². The summed E-state index contributed by atoms with van der Waals surface area (Å²) in [6.07, 6.45) is 5.03. The molecule has 12 heteroatoms. The fourth-order valence-corrected chi connectivity index (χ4v) is 5.83. The van der Waals surface area contributed by atoms with Crippen molar-refractivity contribution in [2.24, 2.45) is 0 Å². The Kier molecular flexibility index (Phi) is 8.20. The highest BCUT2D eigenvalue weighted by molar-refractivity contribution is 7.89. The zero-order chi connectivity index (χ0) is 27.3. The zero-order valence-electron chi connectivity index (χ0n) is 20.2. The van der Waals surface area contributed by atoms with Gasteiger partial charge in [-0.15, -0.1) is 0 Å². The number of aryl methyl sites for hydroxylation is 1. The van der Waals surface area contributed by atoms with Crippen LogP contribution in [0.1, 0.15) is 17.0 Å². The number of fused-ring (bicyclic) bond motifs is 1. The van der Waals surface area contributed by atoms with Crippen LogP contribution in [0.3, 0.4) is 0 Å². The quantitative estimate of drug-likeness (QED) is 0.233. The molecule has 4 N–H and O–H groups in total. The number of rotatable bonds is 10. The summed E-state index contributed by atoms with van der Waals surface area (Å²) in [4.78, 5) is 35.6. The Morgan fingerprint density at radius 1 is 1.18 bits per heavy atom. The van der Waals surface area contributed by atoms with Crippen LogP contribution in [0.4, 0.5) is 5.82 Å². The van der Waals surface area contributed by atoms with Gasteiger partial charge in [-0.3, -0.25) is 9.59 Å². The lowest BCUT2D eigenvalue weighted by Gasteiger charge is -2.16. The molecular weight excluding hydrogens is 530 g/mol. The largest absolute Gasteiger partial charge is 0.480 e. The number of carboxylic acids is 1. The number of nitrogens with zero attached hydrogens (tertiary/aromatic N) is 2. The molecule has 196 valence electrons. The Morgan fingerprint density at radius 2 is 2.00 bits per heavy atom. The van der Waals surface area contributed by atoms with Gasteiger partial charge in [-0.05, 0) is 48.4 Å². The third-order valence-electron chi connectivity index (χ3n) is 5.58. The maximum Gasteiger partial charge on any atom is 0.322 e. The smallest absolute Gasteiger partial charge is 0.322 e. The normalized spacial score (nSPS) is 12.6. The van der Waals surface area contributed by atoms with Crippen molar-refractivity contribution in [3.63, 3.8) is 0 Å². The number of aliphatic carboxylic acids is 1. The standard InChI is InChI=1S/C26H24ClN5O5S/c1-16-6-4-8-19(27)24(16)38(36,37)32-21(26(34)35)15-23-30-20-11-10-17(14-18(20)25(33)31-23)7-5-13-29-22-9-2-3-12-28-22/h2-12,14,21,32H,13,15H2,1H3,(H,28,29)(H,34,35)(H,30,31,33)/b7-5+/t21-/m0/s1. The number of H-pyrrole nitrogens is 1. The molecule has 0 aliphatic heterocycles. The molecule has 0 saturated carbocycles. The van der Waals surface area contributed by atoms with Crippen LogP contribution in [-0.2, 0) is 21.2 Å². The van der Waals surface area contributed by atoms with Gasteiger partial charge in [0.1, 0.15) is 22.6 Å². The van der Waals surface area contributed by atoms with E-state index in [1.807, 2.05) is 30.4 Å². The maximum absolute atomic E-state index is 12.9. The molecule has 4 aromatic rings. The lowest BCUT2D eigenvalue weighted by Crippen LogP contribution is -2.43. The van der Waals surface area contributed by atoms with Crippen LogP contribution in [0.2, 0.25) is 5.02 Å². The predicted octanol–water partition coefficient (Wildman–Crippen LogP) is 3.38. The molecule has 2 aromatic heterocycles. The molecule has 0 spiro atoms. The number of halogens is 1. The number of aromatic nitrogens is 3. The molecule has 0 fully saturated rings. The molecule has 2 heterocycles. The summed E-state index contributed by atoms with van der Waals surface area (Å²) in [5, 5.41) is 13.1. The molecule has 2 aromatic carbocycles. The average molecular weight is 554 g/mol. The summed E-state index contributed by atoms with van der Waals surface area (Å²) in [6.45, 7) is 2.09. The van der Waals surface area contributed by atoms with Crippen molar-refractivity contribution < 1.29 is 18.3 Å². The first-order chi connectivity index (χ1) is 18.1. The topological polar surface area (TPSA) is 154 Å². The van der Waals surface area contributed by atoms with Crippen molar-refractivity contribution in [2.45, 2.75) is 24.3 Å². The van der Waals surface area contributed by atoms with E-state index in [0.717, 1.165) is 11.4 Å². The second kappa shape index (κ2) is 11.5. The summed E-state index contributed by atoms with van der Waals surface area (Å²) in [6, 6.07) is 13.6. The van der Waals surface area contributed by atoms with Gasteiger partial charge in [-0.1, -0.05) is 48.0 Å². The highest BCUT2D eigenvalue weighted by Crippen LogP contribution is 2.25. The number of pyridine rings is 1. The lowest BCUT2D eigenvalue weighted by molar-refractivity contribution is -0.139. The van der Waals surface area contributed by atoms with Crippen LogP contribution >= 0.6 is 11.6 Å². The molecule has 4 rings (SSSR count). The van der Waals surface area contributed by atoms with Crippen LogP contribution < -0.4 is 15.6 Å². The highest BCUT2D eigenvalue weighted by Gasteiger charge is 2.29. The van der Waals surface area contributed by atoms with Crippen molar-refractivity contribution in [2.75, 3.05) is 11.9 Å². The summed E-state index contributed by atoms with van der Waals surface area (Å²) < 4.78 is 28.0. The molecule has 0 saturated heterocycles. The summed E-state index contributed by atoms with van der Waals surface area (Å²) in [5.74, 6) is -0.662. The predicted molar refractivity (Wildman–Crippen MR) is 146 cm³/mol. The Balaban J connectivity index is 1.51. The number of benzene rings is 2. The first-order valence-corrected chi connectivity index (χ1v) is 13.3. The molecule has 0 aliphatic carbocycles. The SMILES string of the molecule is Cc1cccc(Cl)c1S(=O)(=O)N[C@@H](Cc1nc2ccc(/C=C/CNc3ccccn3)cc2c(=O)[nH]1)C(=O)O. The Morgan fingerprint density at radius 3 is 2.71 bits per heavy atom. The van der Waals surface area contributed by atoms with Crippen LogP contribution in [0.5, 0.6) is 0 Å². The van der Waals surface area contributed by atoms with Gasteiger partial charge in [0.25, 0.3) is 5.56 Å². The minimum Gasteiger partial charge on any atom is -0.480 e. The molecule has 0 amide bonds. The Bertz CT molecular complexity index is 1650. The maximum atomic E-state index is 12.9. The monoisotopic (exact) mass is 553 g/mol.